The SMILES string of the molecule is CSc1c(Cl)cc(Cl)cc1C(=O)Nc1ccc([N+](=O)[O-])cc1Cl. The second kappa shape index (κ2) is 7.40. The highest BCUT2D eigenvalue weighted by atomic mass is 35.5. The molecule has 23 heavy (non-hydrogen) atoms. The van der Waals surface area contributed by atoms with Crippen molar-refractivity contribution in [3.8, 4) is 0 Å². The van der Waals surface area contributed by atoms with Crippen LogP contribution in [0, 0.1) is 10.1 Å². The Morgan fingerprint density at radius 3 is 2.43 bits per heavy atom. The highest BCUT2D eigenvalue weighted by Gasteiger charge is 2.17. The van der Waals surface area contributed by atoms with Gasteiger partial charge in [0, 0.05) is 22.1 Å². The smallest absolute Gasteiger partial charge is 0.271 e. The summed E-state index contributed by atoms with van der Waals surface area (Å²) in [4.78, 5) is 23.1. The largest absolute Gasteiger partial charge is 0.321 e. The molecule has 120 valence electrons. The third kappa shape index (κ3) is 4.09. The van der Waals surface area contributed by atoms with Crippen LogP contribution in [-0.4, -0.2) is 17.1 Å². The van der Waals surface area contributed by atoms with E-state index in [1.807, 2.05) is 0 Å². The molecular weight excluding hydrogens is 383 g/mol. The molecule has 5 nitrogen and oxygen atoms in total. The van der Waals surface area contributed by atoms with E-state index in [1.54, 1.807) is 12.3 Å². The molecule has 1 N–H and O–H groups in total. The van der Waals surface area contributed by atoms with Gasteiger partial charge >= 0.3 is 0 Å². The summed E-state index contributed by atoms with van der Waals surface area (Å²) in [5.74, 6) is -0.463. The first-order chi connectivity index (χ1) is 10.8. The number of benzene rings is 2. The van der Waals surface area contributed by atoms with Gasteiger partial charge in [-0.05, 0) is 24.5 Å². The Kier molecular flexibility index (Phi) is 5.75. The standard InChI is InChI=1S/C14H9Cl3N2O3S/c1-23-13-9(4-7(15)5-11(13)17)14(20)18-12-3-2-8(19(21)22)6-10(12)16/h2-6H,1H3,(H,18,20). The Morgan fingerprint density at radius 2 is 1.87 bits per heavy atom. The fraction of sp³-hybridized carbons (Fsp3) is 0.0714. The van der Waals surface area contributed by atoms with Crippen LogP contribution >= 0.6 is 46.6 Å². The molecule has 0 radical (unpaired) electrons. The summed E-state index contributed by atoms with van der Waals surface area (Å²) in [5.41, 5.74) is 0.387. The summed E-state index contributed by atoms with van der Waals surface area (Å²) in [7, 11) is 0. The maximum Gasteiger partial charge on any atom is 0.271 e. The van der Waals surface area contributed by atoms with E-state index in [1.165, 1.54) is 30.0 Å². The van der Waals surface area contributed by atoms with Gasteiger partial charge in [-0.1, -0.05) is 34.8 Å². The summed E-state index contributed by atoms with van der Waals surface area (Å²) in [5, 5.41) is 14.0. The molecule has 0 aliphatic heterocycles. The average molecular weight is 392 g/mol. The number of amides is 1. The second-order valence-corrected chi connectivity index (χ2v) is 6.41. The van der Waals surface area contributed by atoms with E-state index in [9.17, 15) is 14.9 Å². The highest BCUT2D eigenvalue weighted by molar-refractivity contribution is 7.98. The van der Waals surface area contributed by atoms with Crippen molar-refractivity contribution < 1.29 is 9.72 Å². The molecule has 9 heteroatoms. The molecule has 0 atom stereocenters. The lowest BCUT2D eigenvalue weighted by atomic mass is 10.2. The zero-order valence-corrected chi connectivity index (χ0v) is 14.7. The summed E-state index contributed by atoms with van der Waals surface area (Å²) in [6, 6.07) is 6.82. The monoisotopic (exact) mass is 390 g/mol. The predicted octanol–water partition coefficient (Wildman–Crippen LogP) is 5.53. The fourth-order valence-corrected chi connectivity index (χ4v) is 3.42. The Hall–Kier alpha value is -1.47. The van der Waals surface area contributed by atoms with Crippen LogP contribution in [0.4, 0.5) is 11.4 Å². The van der Waals surface area contributed by atoms with E-state index in [-0.39, 0.29) is 16.4 Å². The number of carbonyl (C=O) groups excluding carboxylic acids is 1. The van der Waals surface area contributed by atoms with Gasteiger partial charge in [-0.15, -0.1) is 11.8 Å². The number of nitrogens with one attached hydrogen (secondary N) is 1. The molecule has 1 amide bonds. The Labute approximate surface area is 151 Å². The molecule has 0 fully saturated rings. The molecule has 2 aromatic rings. The van der Waals surface area contributed by atoms with E-state index in [2.05, 4.69) is 5.32 Å². The molecule has 2 aromatic carbocycles. The molecule has 0 aromatic heterocycles. The minimum Gasteiger partial charge on any atom is -0.321 e. The molecule has 2 rings (SSSR count). The van der Waals surface area contributed by atoms with Gasteiger partial charge in [0.2, 0.25) is 0 Å². The number of carbonyl (C=O) groups is 1. The van der Waals surface area contributed by atoms with Gasteiger partial charge in [0.25, 0.3) is 11.6 Å². The first kappa shape index (κ1) is 17.9. The van der Waals surface area contributed by atoms with E-state index < -0.39 is 10.8 Å². The summed E-state index contributed by atoms with van der Waals surface area (Å²) < 4.78 is 0. The van der Waals surface area contributed by atoms with Crippen molar-refractivity contribution in [2.24, 2.45) is 0 Å². The van der Waals surface area contributed by atoms with Crippen LogP contribution in [0.15, 0.2) is 35.2 Å². The van der Waals surface area contributed by atoms with Crippen molar-refractivity contribution in [2.75, 3.05) is 11.6 Å². The Bertz CT molecular complexity index is 799. The number of thioether (sulfide) groups is 1. The van der Waals surface area contributed by atoms with Crippen molar-refractivity contribution in [2.45, 2.75) is 4.90 Å². The summed E-state index contributed by atoms with van der Waals surface area (Å²) >= 11 is 19.3. The van der Waals surface area contributed by atoms with Gasteiger partial charge in [-0.25, -0.2) is 0 Å². The molecule has 0 spiro atoms. The number of nitro groups is 1. The molecule has 0 aliphatic rings. The lowest BCUT2D eigenvalue weighted by molar-refractivity contribution is -0.384. The maximum absolute atomic E-state index is 12.4. The van der Waals surface area contributed by atoms with Crippen LogP contribution < -0.4 is 5.32 Å². The van der Waals surface area contributed by atoms with Crippen molar-refractivity contribution in [1.82, 2.24) is 0 Å². The van der Waals surface area contributed by atoms with Gasteiger partial charge < -0.3 is 5.32 Å². The van der Waals surface area contributed by atoms with Gasteiger partial charge in [0.15, 0.2) is 0 Å². The third-order valence-corrected chi connectivity index (χ3v) is 4.66. The normalized spacial score (nSPS) is 10.4. The zero-order valence-electron chi connectivity index (χ0n) is 11.6. The number of rotatable bonds is 4. The van der Waals surface area contributed by atoms with E-state index in [0.717, 1.165) is 6.07 Å². The number of non-ortho nitro benzene ring substituents is 1. The number of hydrogen-bond acceptors (Lipinski definition) is 4. The number of halogens is 3. The number of anilines is 1. The van der Waals surface area contributed by atoms with Gasteiger partial charge in [0.1, 0.15) is 0 Å². The van der Waals surface area contributed by atoms with Crippen LogP contribution in [0.1, 0.15) is 10.4 Å². The van der Waals surface area contributed by atoms with Crippen molar-refractivity contribution in [3.05, 3.63) is 61.1 Å². The third-order valence-electron chi connectivity index (χ3n) is 2.87. The fourth-order valence-electron chi connectivity index (χ4n) is 1.85. The quantitative estimate of drug-likeness (QED) is 0.422. The highest BCUT2D eigenvalue weighted by Crippen LogP contribution is 2.33. The van der Waals surface area contributed by atoms with Crippen LogP contribution in [0.5, 0.6) is 0 Å². The van der Waals surface area contributed by atoms with Crippen LogP contribution in [-0.2, 0) is 0 Å². The zero-order chi connectivity index (χ0) is 17.1. The van der Waals surface area contributed by atoms with Crippen molar-refractivity contribution >= 4 is 63.8 Å². The Morgan fingerprint density at radius 1 is 1.17 bits per heavy atom. The molecule has 0 saturated carbocycles. The van der Waals surface area contributed by atoms with Crippen LogP contribution in [0.3, 0.4) is 0 Å². The minimum absolute atomic E-state index is 0.0615. The summed E-state index contributed by atoms with van der Waals surface area (Å²) in [6.07, 6.45) is 1.78. The van der Waals surface area contributed by atoms with E-state index >= 15 is 0 Å². The minimum atomic E-state index is -0.569. The van der Waals surface area contributed by atoms with Crippen molar-refractivity contribution in [3.63, 3.8) is 0 Å². The number of nitro benzene ring substituents is 1. The second-order valence-electron chi connectivity index (χ2n) is 4.34. The molecule has 0 aliphatic carbocycles. The summed E-state index contributed by atoms with van der Waals surface area (Å²) in [6.45, 7) is 0. The lowest BCUT2D eigenvalue weighted by Gasteiger charge is -2.11. The predicted molar refractivity (Wildman–Crippen MR) is 94.3 cm³/mol. The van der Waals surface area contributed by atoms with Gasteiger partial charge in [-0.2, -0.15) is 0 Å². The number of hydrogen-bond donors (Lipinski definition) is 1. The molecule has 0 heterocycles. The van der Waals surface area contributed by atoms with E-state index in [4.69, 9.17) is 34.8 Å². The van der Waals surface area contributed by atoms with Crippen LogP contribution in [0.25, 0.3) is 0 Å². The number of nitrogens with zero attached hydrogens (tertiary/aromatic N) is 1. The molecule has 0 saturated heterocycles. The topological polar surface area (TPSA) is 72.2 Å². The van der Waals surface area contributed by atoms with Gasteiger partial charge in [0.05, 0.1) is 26.2 Å². The molecule has 0 unspecified atom stereocenters. The molecule has 0 bridgehead atoms. The first-order valence-corrected chi connectivity index (χ1v) is 8.47. The Balaban J connectivity index is 2.35. The molecular formula is C14H9Cl3N2O3S. The maximum atomic E-state index is 12.4. The average Bonchev–Trinajstić information content (AvgIpc) is 2.48. The van der Waals surface area contributed by atoms with Crippen LogP contribution in [0.2, 0.25) is 15.1 Å². The van der Waals surface area contributed by atoms with Gasteiger partial charge in [-0.3, -0.25) is 14.9 Å². The first-order valence-electron chi connectivity index (χ1n) is 6.11. The van der Waals surface area contributed by atoms with Crippen molar-refractivity contribution in [1.29, 1.82) is 0 Å². The van der Waals surface area contributed by atoms with E-state index in [0.29, 0.717) is 20.5 Å². The lowest BCUT2D eigenvalue weighted by Crippen LogP contribution is -2.13.